The van der Waals surface area contributed by atoms with E-state index in [2.05, 4.69) is 11.9 Å². The number of aromatic amines is 1. The lowest BCUT2D eigenvalue weighted by Gasteiger charge is -2.02. The lowest BCUT2D eigenvalue weighted by atomic mass is 10.0. The van der Waals surface area contributed by atoms with Crippen LogP contribution in [0.15, 0.2) is 27.4 Å². The van der Waals surface area contributed by atoms with Crippen LogP contribution in [0, 0.1) is 0 Å². The average Bonchev–Trinajstić information content (AvgIpc) is 2.85. The predicted octanol–water partition coefficient (Wildman–Crippen LogP) is 4.44. The Bertz CT molecular complexity index is 639. The number of rotatable bonds is 9. The highest BCUT2D eigenvalue weighted by atomic mass is 16.4. The van der Waals surface area contributed by atoms with Crippen LogP contribution >= 0.6 is 0 Å². The number of hydrogen-bond donors (Lipinski definition) is 1. The Morgan fingerprint density at radius 1 is 1.10 bits per heavy atom. The van der Waals surface area contributed by atoms with Crippen LogP contribution in [0.2, 0.25) is 0 Å². The first-order chi connectivity index (χ1) is 10.2. The van der Waals surface area contributed by atoms with Crippen molar-refractivity contribution in [2.45, 2.75) is 58.3 Å². The van der Waals surface area contributed by atoms with Crippen molar-refractivity contribution < 1.29 is 9.21 Å². The van der Waals surface area contributed by atoms with Crippen molar-refractivity contribution in [3.05, 3.63) is 34.3 Å². The fourth-order valence-electron chi connectivity index (χ4n) is 2.51. The fourth-order valence-corrected chi connectivity index (χ4v) is 2.51. The Labute approximate surface area is 124 Å². The number of Topliss-reactive ketones (excluding diaryl/α,β-unsaturated/α-hetero) is 1. The summed E-state index contributed by atoms with van der Waals surface area (Å²) in [6, 6.07) is 5.12. The van der Waals surface area contributed by atoms with E-state index in [-0.39, 0.29) is 5.78 Å². The molecular weight excluding hydrogens is 266 g/mol. The van der Waals surface area contributed by atoms with Gasteiger partial charge in [-0.2, -0.15) is 0 Å². The van der Waals surface area contributed by atoms with Gasteiger partial charge in [0.05, 0.1) is 5.52 Å². The zero-order valence-electron chi connectivity index (χ0n) is 12.6. The van der Waals surface area contributed by atoms with Crippen LogP contribution in [0.5, 0.6) is 0 Å². The van der Waals surface area contributed by atoms with E-state index in [0.29, 0.717) is 23.1 Å². The van der Waals surface area contributed by atoms with Crippen molar-refractivity contribution >= 4 is 16.9 Å². The Morgan fingerprint density at radius 3 is 2.57 bits per heavy atom. The van der Waals surface area contributed by atoms with Crippen LogP contribution in [0.1, 0.15) is 68.6 Å². The molecule has 4 heteroatoms. The van der Waals surface area contributed by atoms with E-state index in [9.17, 15) is 9.59 Å². The van der Waals surface area contributed by atoms with Crippen molar-refractivity contribution in [3.8, 4) is 0 Å². The van der Waals surface area contributed by atoms with Gasteiger partial charge < -0.3 is 4.42 Å². The largest absolute Gasteiger partial charge is 0.417 e. The molecule has 1 heterocycles. The lowest BCUT2D eigenvalue weighted by Crippen LogP contribution is -1.98. The molecule has 1 N–H and O–H groups in total. The SMILES string of the molecule is CCCCCCCCCC(=O)c1ccc2[nH]c(=O)oc2c1. The molecule has 0 amide bonds. The quantitative estimate of drug-likeness (QED) is 0.548. The van der Waals surface area contributed by atoms with Crippen LogP contribution in [0.25, 0.3) is 11.1 Å². The summed E-state index contributed by atoms with van der Waals surface area (Å²) in [5.41, 5.74) is 1.70. The van der Waals surface area contributed by atoms with E-state index in [0.717, 1.165) is 12.8 Å². The van der Waals surface area contributed by atoms with E-state index in [1.165, 1.54) is 32.1 Å². The molecule has 21 heavy (non-hydrogen) atoms. The standard InChI is InChI=1S/C17H23NO3/c1-2-3-4-5-6-7-8-9-15(19)13-10-11-14-16(12-13)21-17(20)18-14/h10-12H,2-9H2,1H3,(H,18,20). The van der Waals surface area contributed by atoms with Gasteiger partial charge in [0.1, 0.15) is 0 Å². The highest BCUT2D eigenvalue weighted by Crippen LogP contribution is 2.16. The highest BCUT2D eigenvalue weighted by Gasteiger charge is 2.08. The third-order valence-electron chi connectivity index (χ3n) is 3.75. The van der Waals surface area contributed by atoms with E-state index < -0.39 is 5.76 Å². The molecule has 1 aromatic heterocycles. The van der Waals surface area contributed by atoms with Gasteiger partial charge in [-0.05, 0) is 24.6 Å². The average molecular weight is 289 g/mol. The number of unbranched alkanes of at least 4 members (excludes halogenated alkanes) is 6. The number of fused-ring (bicyclic) bond motifs is 1. The molecule has 0 atom stereocenters. The molecule has 0 saturated carbocycles. The Balaban J connectivity index is 1.78. The Hall–Kier alpha value is -1.84. The smallest absolute Gasteiger partial charge is 0.408 e. The predicted molar refractivity (Wildman–Crippen MR) is 83.8 cm³/mol. The van der Waals surface area contributed by atoms with E-state index in [1.807, 2.05) is 0 Å². The third-order valence-corrected chi connectivity index (χ3v) is 3.75. The van der Waals surface area contributed by atoms with Gasteiger partial charge in [0.15, 0.2) is 11.4 Å². The van der Waals surface area contributed by atoms with Gasteiger partial charge in [-0.3, -0.25) is 9.78 Å². The zero-order chi connectivity index (χ0) is 15.1. The summed E-state index contributed by atoms with van der Waals surface area (Å²) < 4.78 is 4.98. The Morgan fingerprint density at radius 2 is 1.81 bits per heavy atom. The maximum absolute atomic E-state index is 12.1. The molecule has 0 radical (unpaired) electrons. The number of carbonyl (C=O) groups is 1. The van der Waals surface area contributed by atoms with Crippen molar-refractivity contribution in [1.29, 1.82) is 0 Å². The molecule has 0 aliphatic rings. The van der Waals surface area contributed by atoms with Crippen LogP contribution in [0.3, 0.4) is 0 Å². The maximum atomic E-state index is 12.1. The summed E-state index contributed by atoms with van der Waals surface area (Å²) in [5, 5.41) is 0. The molecule has 2 aromatic rings. The van der Waals surface area contributed by atoms with E-state index in [1.54, 1.807) is 18.2 Å². The normalized spacial score (nSPS) is 11.1. The summed E-state index contributed by atoms with van der Waals surface area (Å²) in [7, 11) is 0. The van der Waals surface area contributed by atoms with Crippen LogP contribution in [-0.4, -0.2) is 10.8 Å². The number of oxazole rings is 1. The number of benzene rings is 1. The molecule has 114 valence electrons. The molecule has 4 nitrogen and oxygen atoms in total. The summed E-state index contributed by atoms with van der Waals surface area (Å²) in [6.45, 7) is 2.21. The molecule has 0 spiro atoms. The fraction of sp³-hybridized carbons (Fsp3) is 0.529. The molecule has 0 bridgehead atoms. The minimum absolute atomic E-state index is 0.120. The first-order valence-electron chi connectivity index (χ1n) is 7.87. The van der Waals surface area contributed by atoms with Crippen LogP contribution in [-0.2, 0) is 0 Å². The molecule has 2 rings (SSSR count). The summed E-state index contributed by atoms with van der Waals surface area (Å²) in [6.07, 6.45) is 8.94. The van der Waals surface area contributed by atoms with Crippen LogP contribution < -0.4 is 5.76 Å². The number of aromatic nitrogens is 1. The molecule has 1 aromatic carbocycles. The van der Waals surface area contributed by atoms with Gasteiger partial charge in [-0.1, -0.05) is 45.4 Å². The highest BCUT2D eigenvalue weighted by molar-refractivity contribution is 5.98. The number of nitrogens with one attached hydrogen (secondary N) is 1. The zero-order valence-corrected chi connectivity index (χ0v) is 12.6. The van der Waals surface area contributed by atoms with Crippen molar-refractivity contribution in [2.75, 3.05) is 0 Å². The van der Waals surface area contributed by atoms with Gasteiger partial charge in [0, 0.05) is 12.0 Å². The maximum Gasteiger partial charge on any atom is 0.417 e. The van der Waals surface area contributed by atoms with Gasteiger partial charge in [0.2, 0.25) is 0 Å². The molecular formula is C17H23NO3. The molecule has 0 fully saturated rings. The summed E-state index contributed by atoms with van der Waals surface area (Å²) >= 11 is 0. The van der Waals surface area contributed by atoms with Crippen molar-refractivity contribution in [1.82, 2.24) is 4.98 Å². The lowest BCUT2D eigenvalue weighted by molar-refractivity contribution is 0.0979. The van der Waals surface area contributed by atoms with Gasteiger partial charge in [-0.15, -0.1) is 0 Å². The van der Waals surface area contributed by atoms with Gasteiger partial charge in [0.25, 0.3) is 0 Å². The first-order valence-corrected chi connectivity index (χ1v) is 7.87. The van der Waals surface area contributed by atoms with E-state index >= 15 is 0 Å². The Kier molecular flexibility index (Phi) is 5.78. The monoisotopic (exact) mass is 289 g/mol. The second-order valence-corrected chi connectivity index (χ2v) is 5.52. The number of carbonyl (C=O) groups excluding carboxylic acids is 1. The number of hydrogen-bond acceptors (Lipinski definition) is 3. The van der Waals surface area contributed by atoms with Gasteiger partial charge >= 0.3 is 5.76 Å². The van der Waals surface area contributed by atoms with Crippen molar-refractivity contribution in [3.63, 3.8) is 0 Å². The number of H-pyrrole nitrogens is 1. The molecule has 0 unspecified atom stereocenters. The van der Waals surface area contributed by atoms with Gasteiger partial charge in [-0.25, -0.2) is 4.79 Å². The third kappa shape index (κ3) is 4.59. The summed E-state index contributed by atoms with van der Waals surface area (Å²) in [5.74, 6) is -0.365. The molecule has 0 saturated heterocycles. The minimum Gasteiger partial charge on any atom is -0.408 e. The second-order valence-electron chi connectivity index (χ2n) is 5.52. The second kappa shape index (κ2) is 7.81. The number of ketones is 1. The summed E-state index contributed by atoms with van der Waals surface area (Å²) in [4.78, 5) is 25.7. The molecule has 0 aliphatic carbocycles. The van der Waals surface area contributed by atoms with E-state index in [4.69, 9.17) is 4.42 Å². The first kappa shape index (κ1) is 15.5. The topological polar surface area (TPSA) is 63.1 Å². The van der Waals surface area contributed by atoms with Crippen LogP contribution in [0.4, 0.5) is 0 Å². The van der Waals surface area contributed by atoms with Crippen molar-refractivity contribution in [2.24, 2.45) is 0 Å². The molecule has 0 aliphatic heterocycles. The minimum atomic E-state index is -0.485.